The fraction of sp³-hybridized carbons (Fsp3) is 0.333. The van der Waals surface area contributed by atoms with Gasteiger partial charge in [-0.25, -0.2) is 0 Å². The van der Waals surface area contributed by atoms with Crippen LogP contribution in [-0.4, -0.2) is 33.1 Å². The standard InChI is InChI=1S/C12H15N5O/c18-12(10-6-2-1-3-7-10)13-9-5-4-8-11-14-16-17-15-11/h1-3,6-7H,4-5,8-9H2,(H,13,18)(H,14,15,16,17). The van der Waals surface area contributed by atoms with E-state index in [1.165, 1.54) is 0 Å². The molecule has 0 spiro atoms. The highest BCUT2D eigenvalue weighted by Gasteiger charge is 2.03. The first-order chi connectivity index (χ1) is 8.86. The van der Waals surface area contributed by atoms with Crippen molar-refractivity contribution >= 4 is 5.91 Å². The molecule has 1 aromatic carbocycles. The molecule has 1 amide bonds. The smallest absolute Gasteiger partial charge is 0.251 e. The molecule has 0 saturated heterocycles. The van der Waals surface area contributed by atoms with Crippen LogP contribution in [0.25, 0.3) is 0 Å². The molecule has 6 heteroatoms. The van der Waals surface area contributed by atoms with Crippen LogP contribution >= 0.6 is 0 Å². The van der Waals surface area contributed by atoms with Gasteiger partial charge in [0.05, 0.1) is 0 Å². The maximum atomic E-state index is 11.7. The molecule has 94 valence electrons. The number of hydrogen-bond acceptors (Lipinski definition) is 4. The Morgan fingerprint density at radius 3 is 2.78 bits per heavy atom. The Morgan fingerprint density at radius 2 is 2.06 bits per heavy atom. The third-order valence-corrected chi connectivity index (χ3v) is 2.54. The van der Waals surface area contributed by atoms with Gasteiger partial charge in [0.15, 0.2) is 5.82 Å². The van der Waals surface area contributed by atoms with Crippen molar-refractivity contribution in [2.45, 2.75) is 19.3 Å². The third-order valence-electron chi connectivity index (χ3n) is 2.54. The predicted molar refractivity (Wildman–Crippen MR) is 65.9 cm³/mol. The summed E-state index contributed by atoms with van der Waals surface area (Å²) in [5.74, 6) is 0.680. The molecule has 18 heavy (non-hydrogen) atoms. The molecule has 0 aliphatic heterocycles. The van der Waals surface area contributed by atoms with E-state index >= 15 is 0 Å². The summed E-state index contributed by atoms with van der Waals surface area (Å²) in [6.45, 7) is 0.658. The topological polar surface area (TPSA) is 83.6 Å². The van der Waals surface area contributed by atoms with Gasteiger partial charge < -0.3 is 5.32 Å². The molecule has 0 bridgehead atoms. The summed E-state index contributed by atoms with van der Waals surface area (Å²) in [5, 5.41) is 16.5. The zero-order chi connectivity index (χ0) is 12.6. The first-order valence-electron chi connectivity index (χ1n) is 5.92. The first kappa shape index (κ1) is 12.2. The van der Waals surface area contributed by atoms with E-state index in [9.17, 15) is 4.79 Å². The van der Waals surface area contributed by atoms with Crippen molar-refractivity contribution in [1.82, 2.24) is 25.9 Å². The van der Waals surface area contributed by atoms with Gasteiger partial charge in [0.1, 0.15) is 0 Å². The predicted octanol–water partition coefficient (Wildman–Crippen LogP) is 0.952. The number of benzene rings is 1. The van der Waals surface area contributed by atoms with E-state index in [1.54, 1.807) is 12.1 Å². The molecule has 0 fully saturated rings. The largest absolute Gasteiger partial charge is 0.352 e. The Labute approximate surface area is 105 Å². The van der Waals surface area contributed by atoms with Crippen LogP contribution in [0.1, 0.15) is 29.0 Å². The van der Waals surface area contributed by atoms with Crippen molar-refractivity contribution in [2.75, 3.05) is 6.54 Å². The minimum atomic E-state index is -0.0323. The van der Waals surface area contributed by atoms with Gasteiger partial charge in [0.2, 0.25) is 0 Å². The van der Waals surface area contributed by atoms with E-state index in [0.29, 0.717) is 17.9 Å². The lowest BCUT2D eigenvalue weighted by atomic mass is 10.2. The molecular weight excluding hydrogens is 230 g/mol. The summed E-state index contributed by atoms with van der Waals surface area (Å²) < 4.78 is 0. The summed E-state index contributed by atoms with van der Waals surface area (Å²) in [6, 6.07) is 9.20. The van der Waals surface area contributed by atoms with Crippen LogP contribution < -0.4 is 5.32 Å². The number of carbonyl (C=O) groups excluding carboxylic acids is 1. The van der Waals surface area contributed by atoms with Crippen LogP contribution in [-0.2, 0) is 6.42 Å². The zero-order valence-electron chi connectivity index (χ0n) is 9.97. The van der Waals surface area contributed by atoms with Crippen molar-refractivity contribution in [3.05, 3.63) is 41.7 Å². The lowest BCUT2D eigenvalue weighted by Gasteiger charge is -2.04. The van der Waals surface area contributed by atoms with Gasteiger partial charge >= 0.3 is 0 Å². The Hall–Kier alpha value is -2.24. The first-order valence-corrected chi connectivity index (χ1v) is 5.92. The number of rotatable bonds is 6. The molecule has 6 nitrogen and oxygen atoms in total. The van der Waals surface area contributed by atoms with E-state index in [-0.39, 0.29) is 5.91 Å². The van der Waals surface area contributed by atoms with Crippen LogP contribution in [0.15, 0.2) is 30.3 Å². The molecule has 0 atom stereocenters. The van der Waals surface area contributed by atoms with E-state index in [1.807, 2.05) is 18.2 Å². The number of tetrazole rings is 1. The maximum Gasteiger partial charge on any atom is 0.251 e. The molecule has 0 aliphatic rings. The summed E-state index contributed by atoms with van der Waals surface area (Å²) in [6.07, 6.45) is 2.60. The summed E-state index contributed by atoms with van der Waals surface area (Å²) in [7, 11) is 0. The average Bonchev–Trinajstić information content (AvgIpc) is 2.92. The normalized spacial score (nSPS) is 10.2. The van der Waals surface area contributed by atoms with Gasteiger partial charge in [-0.2, -0.15) is 5.21 Å². The number of hydrogen-bond donors (Lipinski definition) is 2. The number of nitrogens with zero attached hydrogens (tertiary/aromatic N) is 3. The molecular formula is C12H15N5O. The molecule has 2 N–H and O–H groups in total. The van der Waals surface area contributed by atoms with E-state index in [2.05, 4.69) is 25.9 Å². The Morgan fingerprint density at radius 1 is 1.22 bits per heavy atom. The number of carbonyl (C=O) groups is 1. The van der Waals surface area contributed by atoms with Gasteiger partial charge in [0, 0.05) is 18.5 Å². The van der Waals surface area contributed by atoms with Crippen LogP contribution in [0.3, 0.4) is 0 Å². The summed E-state index contributed by atoms with van der Waals surface area (Å²) >= 11 is 0. The van der Waals surface area contributed by atoms with E-state index in [4.69, 9.17) is 0 Å². The molecule has 1 heterocycles. The average molecular weight is 245 g/mol. The molecule has 0 radical (unpaired) electrons. The number of H-pyrrole nitrogens is 1. The van der Waals surface area contributed by atoms with Gasteiger partial charge in [0.25, 0.3) is 5.91 Å². The quantitative estimate of drug-likeness (QED) is 0.742. The highest BCUT2D eigenvalue weighted by Crippen LogP contribution is 1.99. The van der Waals surface area contributed by atoms with Gasteiger partial charge in [-0.3, -0.25) is 4.79 Å². The number of aromatic amines is 1. The van der Waals surface area contributed by atoms with Crippen molar-refractivity contribution in [3.8, 4) is 0 Å². The monoisotopic (exact) mass is 245 g/mol. The van der Waals surface area contributed by atoms with Crippen LogP contribution in [0.5, 0.6) is 0 Å². The van der Waals surface area contributed by atoms with Crippen LogP contribution in [0, 0.1) is 0 Å². The minimum absolute atomic E-state index is 0.0323. The van der Waals surface area contributed by atoms with E-state index < -0.39 is 0 Å². The lowest BCUT2D eigenvalue weighted by molar-refractivity contribution is 0.0953. The number of amides is 1. The lowest BCUT2D eigenvalue weighted by Crippen LogP contribution is -2.24. The van der Waals surface area contributed by atoms with Crippen molar-refractivity contribution < 1.29 is 4.79 Å². The van der Waals surface area contributed by atoms with Crippen LogP contribution in [0.2, 0.25) is 0 Å². The van der Waals surface area contributed by atoms with Crippen molar-refractivity contribution in [2.24, 2.45) is 0 Å². The van der Waals surface area contributed by atoms with Gasteiger partial charge in [-0.15, -0.1) is 10.2 Å². The molecule has 2 rings (SSSR count). The van der Waals surface area contributed by atoms with Gasteiger partial charge in [-0.1, -0.05) is 23.4 Å². The number of unbranched alkanes of at least 4 members (excludes halogenated alkanes) is 1. The highest BCUT2D eigenvalue weighted by molar-refractivity contribution is 5.94. The van der Waals surface area contributed by atoms with Crippen molar-refractivity contribution in [3.63, 3.8) is 0 Å². The molecule has 0 saturated carbocycles. The summed E-state index contributed by atoms with van der Waals surface area (Å²) in [5.41, 5.74) is 0.690. The highest BCUT2D eigenvalue weighted by atomic mass is 16.1. The molecule has 0 unspecified atom stereocenters. The minimum Gasteiger partial charge on any atom is -0.352 e. The number of aryl methyl sites for hydroxylation is 1. The number of nitrogens with one attached hydrogen (secondary N) is 2. The number of aromatic nitrogens is 4. The van der Waals surface area contributed by atoms with Crippen molar-refractivity contribution in [1.29, 1.82) is 0 Å². The molecule has 2 aromatic rings. The second kappa shape index (κ2) is 6.48. The Bertz CT molecular complexity index is 468. The Balaban J connectivity index is 1.62. The molecule has 1 aromatic heterocycles. The fourth-order valence-corrected chi connectivity index (χ4v) is 1.59. The molecule has 0 aliphatic carbocycles. The fourth-order valence-electron chi connectivity index (χ4n) is 1.59. The van der Waals surface area contributed by atoms with E-state index in [0.717, 1.165) is 19.3 Å². The maximum absolute atomic E-state index is 11.7. The zero-order valence-corrected chi connectivity index (χ0v) is 9.97. The van der Waals surface area contributed by atoms with Crippen LogP contribution in [0.4, 0.5) is 0 Å². The SMILES string of the molecule is O=C(NCCCCc1nn[nH]n1)c1ccccc1. The second-order valence-corrected chi connectivity index (χ2v) is 3.91. The third kappa shape index (κ3) is 3.65. The van der Waals surface area contributed by atoms with Gasteiger partial charge in [-0.05, 0) is 25.0 Å². The summed E-state index contributed by atoms with van der Waals surface area (Å²) in [4.78, 5) is 11.7. The second-order valence-electron chi connectivity index (χ2n) is 3.91. The Kier molecular flexibility index (Phi) is 4.40.